The van der Waals surface area contributed by atoms with Crippen LogP contribution in [0, 0.1) is 11.3 Å². The van der Waals surface area contributed by atoms with Crippen LogP contribution < -0.4 is 5.32 Å². The summed E-state index contributed by atoms with van der Waals surface area (Å²) in [5, 5.41) is 13.2. The molecule has 1 aliphatic heterocycles. The highest BCUT2D eigenvalue weighted by Gasteiger charge is 2.32. The summed E-state index contributed by atoms with van der Waals surface area (Å²) in [5.74, 6) is 1.00. The third-order valence-electron chi connectivity index (χ3n) is 5.53. The summed E-state index contributed by atoms with van der Waals surface area (Å²) in [5.41, 5.74) is -0.276. The van der Waals surface area contributed by atoms with E-state index in [2.05, 4.69) is 5.32 Å². The van der Waals surface area contributed by atoms with Crippen molar-refractivity contribution in [2.45, 2.75) is 84.2 Å². The summed E-state index contributed by atoms with van der Waals surface area (Å²) in [6.07, 6.45) is 9.60. The molecule has 1 saturated carbocycles. The second-order valence-corrected chi connectivity index (χ2v) is 8.50. The Labute approximate surface area is 142 Å². The second-order valence-electron chi connectivity index (χ2n) is 8.50. The van der Waals surface area contributed by atoms with Crippen molar-refractivity contribution in [3.63, 3.8) is 0 Å². The number of aliphatic hydroxyl groups excluding tert-OH is 1. The summed E-state index contributed by atoms with van der Waals surface area (Å²) >= 11 is 0. The molecule has 0 aromatic rings. The number of carbonyl (C=O) groups excluding carboxylic acids is 1. The Balaban J connectivity index is 1.82. The standard InChI is InChI=1S/C19H36N2O2/c1-19(2,3)18(23)21-12-9-16(10-13-21)20-17(11-14-22)15-7-5-4-6-8-15/h15-17,20,22H,4-14H2,1-3H3. The van der Waals surface area contributed by atoms with Gasteiger partial charge >= 0.3 is 0 Å². The molecule has 23 heavy (non-hydrogen) atoms. The van der Waals surface area contributed by atoms with E-state index in [-0.39, 0.29) is 17.9 Å². The Morgan fingerprint density at radius 2 is 1.74 bits per heavy atom. The molecule has 4 heteroatoms. The van der Waals surface area contributed by atoms with Crippen LogP contribution in [0.25, 0.3) is 0 Å². The minimum atomic E-state index is -0.276. The zero-order valence-electron chi connectivity index (χ0n) is 15.3. The van der Waals surface area contributed by atoms with Crippen LogP contribution in [0.3, 0.4) is 0 Å². The average Bonchev–Trinajstić information content (AvgIpc) is 2.54. The predicted molar refractivity (Wildman–Crippen MR) is 94.3 cm³/mol. The van der Waals surface area contributed by atoms with Crippen LogP contribution in [0.4, 0.5) is 0 Å². The molecule has 2 aliphatic rings. The molecule has 1 amide bonds. The van der Waals surface area contributed by atoms with Gasteiger partial charge in [-0.1, -0.05) is 40.0 Å². The largest absolute Gasteiger partial charge is 0.396 e. The molecule has 2 rings (SSSR count). The van der Waals surface area contributed by atoms with E-state index in [0.717, 1.165) is 38.3 Å². The maximum Gasteiger partial charge on any atom is 0.227 e. The van der Waals surface area contributed by atoms with Crippen molar-refractivity contribution in [1.29, 1.82) is 0 Å². The molecule has 0 bridgehead atoms. The molecule has 1 unspecified atom stereocenters. The minimum absolute atomic E-state index is 0.273. The molecule has 1 saturated heterocycles. The molecular weight excluding hydrogens is 288 g/mol. The van der Waals surface area contributed by atoms with Gasteiger partial charge in [-0.05, 0) is 38.0 Å². The number of nitrogens with one attached hydrogen (secondary N) is 1. The summed E-state index contributed by atoms with van der Waals surface area (Å²) < 4.78 is 0. The zero-order valence-corrected chi connectivity index (χ0v) is 15.3. The summed E-state index contributed by atoms with van der Waals surface area (Å²) in [4.78, 5) is 14.4. The Hall–Kier alpha value is -0.610. The monoisotopic (exact) mass is 324 g/mol. The predicted octanol–water partition coefficient (Wildman–Crippen LogP) is 2.94. The van der Waals surface area contributed by atoms with Crippen molar-refractivity contribution >= 4 is 5.91 Å². The zero-order chi connectivity index (χ0) is 16.9. The number of hydrogen-bond acceptors (Lipinski definition) is 3. The number of amides is 1. The molecule has 134 valence electrons. The van der Waals surface area contributed by atoms with Crippen LogP contribution in [0.1, 0.15) is 72.1 Å². The van der Waals surface area contributed by atoms with E-state index in [4.69, 9.17) is 0 Å². The number of likely N-dealkylation sites (tertiary alicyclic amines) is 1. The maximum atomic E-state index is 12.4. The van der Waals surface area contributed by atoms with E-state index < -0.39 is 0 Å². The van der Waals surface area contributed by atoms with Crippen LogP contribution >= 0.6 is 0 Å². The Bertz CT molecular complexity index is 364. The molecule has 4 nitrogen and oxygen atoms in total. The maximum absolute atomic E-state index is 12.4. The molecular formula is C19H36N2O2. The fourth-order valence-corrected chi connectivity index (χ4v) is 4.16. The van der Waals surface area contributed by atoms with Gasteiger partial charge in [0.1, 0.15) is 0 Å². The Morgan fingerprint density at radius 3 is 2.26 bits per heavy atom. The van der Waals surface area contributed by atoms with Crippen molar-refractivity contribution in [2.24, 2.45) is 11.3 Å². The summed E-state index contributed by atoms with van der Waals surface area (Å²) in [6.45, 7) is 8.00. The van der Waals surface area contributed by atoms with E-state index >= 15 is 0 Å². The lowest BCUT2D eigenvalue weighted by atomic mass is 9.82. The number of carbonyl (C=O) groups is 1. The second kappa shape index (κ2) is 8.48. The van der Waals surface area contributed by atoms with Gasteiger partial charge in [-0.25, -0.2) is 0 Å². The number of nitrogens with zero attached hydrogens (tertiary/aromatic N) is 1. The third kappa shape index (κ3) is 5.46. The first-order valence-corrected chi connectivity index (χ1v) is 9.58. The molecule has 1 aliphatic carbocycles. The normalized spacial score (nSPS) is 23.0. The first kappa shape index (κ1) is 18.7. The fraction of sp³-hybridized carbons (Fsp3) is 0.947. The molecule has 1 heterocycles. The van der Waals surface area contributed by atoms with Crippen LogP contribution in [-0.4, -0.2) is 47.7 Å². The third-order valence-corrected chi connectivity index (χ3v) is 5.53. The van der Waals surface area contributed by atoms with E-state index in [9.17, 15) is 9.90 Å². The van der Waals surface area contributed by atoms with Crippen molar-refractivity contribution in [3.8, 4) is 0 Å². The Kier molecular flexibility index (Phi) is 6.90. The van der Waals surface area contributed by atoms with Gasteiger partial charge in [-0.3, -0.25) is 4.79 Å². The van der Waals surface area contributed by atoms with E-state index in [1.807, 2.05) is 25.7 Å². The minimum Gasteiger partial charge on any atom is -0.396 e. The number of piperidine rings is 1. The van der Waals surface area contributed by atoms with Crippen LogP contribution in [0.5, 0.6) is 0 Å². The van der Waals surface area contributed by atoms with Gasteiger partial charge in [-0.15, -0.1) is 0 Å². The first-order valence-electron chi connectivity index (χ1n) is 9.58. The smallest absolute Gasteiger partial charge is 0.227 e. The van der Waals surface area contributed by atoms with Crippen molar-refractivity contribution < 1.29 is 9.90 Å². The Morgan fingerprint density at radius 1 is 1.13 bits per heavy atom. The molecule has 1 atom stereocenters. The van der Waals surface area contributed by atoms with Crippen molar-refractivity contribution in [1.82, 2.24) is 10.2 Å². The van der Waals surface area contributed by atoms with Gasteiger partial charge in [0.2, 0.25) is 5.91 Å². The SMILES string of the molecule is CC(C)(C)C(=O)N1CCC(NC(CCO)C2CCCCC2)CC1. The van der Waals surface area contributed by atoms with E-state index in [1.54, 1.807) is 0 Å². The number of rotatable bonds is 5. The topological polar surface area (TPSA) is 52.6 Å². The highest BCUT2D eigenvalue weighted by Crippen LogP contribution is 2.29. The average molecular weight is 325 g/mol. The highest BCUT2D eigenvalue weighted by molar-refractivity contribution is 5.81. The van der Waals surface area contributed by atoms with Crippen LogP contribution in [-0.2, 0) is 4.79 Å². The summed E-state index contributed by atoms with van der Waals surface area (Å²) in [7, 11) is 0. The van der Waals surface area contributed by atoms with Crippen LogP contribution in [0.2, 0.25) is 0 Å². The molecule has 0 aromatic heterocycles. The van der Waals surface area contributed by atoms with Crippen LogP contribution in [0.15, 0.2) is 0 Å². The first-order chi connectivity index (χ1) is 10.9. The van der Waals surface area contributed by atoms with Crippen molar-refractivity contribution in [3.05, 3.63) is 0 Å². The van der Waals surface area contributed by atoms with Gasteiger partial charge in [-0.2, -0.15) is 0 Å². The van der Waals surface area contributed by atoms with Gasteiger partial charge in [0.05, 0.1) is 0 Å². The van der Waals surface area contributed by atoms with Gasteiger partial charge in [0.25, 0.3) is 0 Å². The summed E-state index contributed by atoms with van der Waals surface area (Å²) in [6, 6.07) is 0.952. The highest BCUT2D eigenvalue weighted by atomic mass is 16.3. The van der Waals surface area contributed by atoms with E-state index in [1.165, 1.54) is 32.1 Å². The molecule has 0 radical (unpaired) electrons. The number of hydrogen-bond donors (Lipinski definition) is 2. The fourth-order valence-electron chi connectivity index (χ4n) is 4.16. The quantitative estimate of drug-likeness (QED) is 0.817. The lowest BCUT2D eigenvalue weighted by Crippen LogP contribution is -2.51. The lowest BCUT2D eigenvalue weighted by molar-refractivity contribution is -0.140. The molecule has 0 spiro atoms. The molecule has 2 N–H and O–H groups in total. The van der Waals surface area contributed by atoms with Gasteiger partial charge in [0.15, 0.2) is 0 Å². The molecule has 2 fully saturated rings. The van der Waals surface area contributed by atoms with Gasteiger partial charge < -0.3 is 15.3 Å². The lowest BCUT2D eigenvalue weighted by Gasteiger charge is -2.39. The van der Waals surface area contributed by atoms with Crippen molar-refractivity contribution in [2.75, 3.05) is 19.7 Å². The number of aliphatic hydroxyl groups is 1. The van der Waals surface area contributed by atoms with E-state index in [0.29, 0.717) is 12.1 Å². The van der Waals surface area contributed by atoms with Gasteiger partial charge in [0, 0.05) is 37.2 Å². The molecule has 0 aromatic carbocycles.